The van der Waals surface area contributed by atoms with Crippen molar-refractivity contribution in [3.63, 3.8) is 0 Å². The Kier molecular flexibility index (Phi) is 2.89. The molecule has 1 aromatic carbocycles. The van der Waals surface area contributed by atoms with Crippen molar-refractivity contribution in [3.05, 3.63) is 33.3 Å². The molecule has 0 spiro atoms. The number of rotatable bonds is 1. The van der Waals surface area contributed by atoms with E-state index in [0.717, 1.165) is 10.0 Å². The Bertz CT molecular complexity index is 310. The Hall–Kier alpha value is -0.0900. The highest BCUT2D eigenvalue weighted by Gasteiger charge is 2.20. The molecule has 1 aliphatic heterocycles. The van der Waals surface area contributed by atoms with Crippen molar-refractivity contribution in [2.75, 3.05) is 13.2 Å². The zero-order valence-electron chi connectivity index (χ0n) is 6.80. The molecule has 2 nitrogen and oxygen atoms in total. The second-order valence-corrected chi connectivity index (χ2v) is 4.03. The van der Waals surface area contributed by atoms with Crippen molar-refractivity contribution in [1.29, 1.82) is 0 Å². The van der Waals surface area contributed by atoms with Gasteiger partial charge in [-0.1, -0.05) is 27.5 Å². The highest BCUT2D eigenvalue weighted by molar-refractivity contribution is 9.10. The average Bonchev–Trinajstić information content (AvgIpc) is 2.61. The summed E-state index contributed by atoms with van der Waals surface area (Å²) in [6.07, 6.45) is -0.270. The van der Waals surface area contributed by atoms with E-state index in [1.807, 2.05) is 18.2 Å². The first-order valence-electron chi connectivity index (χ1n) is 3.95. The van der Waals surface area contributed by atoms with E-state index in [1.165, 1.54) is 0 Å². The van der Waals surface area contributed by atoms with Crippen LogP contribution in [-0.4, -0.2) is 13.2 Å². The van der Waals surface area contributed by atoms with Crippen molar-refractivity contribution in [2.45, 2.75) is 6.29 Å². The first kappa shape index (κ1) is 9.46. The number of hydrogen-bond acceptors (Lipinski definition) is 2. The molecule has 13 heavy (non-hydrogen) atoms. The van der Waals surface area contributed by atoms with Gasteiger partial charge in [0, 0.05) is 15.1 Å². The number of halogens is 2. The summed E-state index contributed by atoms with van der Waals surface area (Å²) in [5, 5.41) is 0.692. The second kappa shape index (κ2) is 3.96. The summed E-state index contributed by atoms with van der Waals surface area (Å²) in [6, 6.07) is 5.56. The van der Waals surface area contributed by atoms with Crippen molar-refractivity contribution in [3.8, 4) is 0 Å². The van der Waals surface area contributed by atoms with Crippen LogP contribution in [0.2, 0.25) is 5.02 Å². The van der Waals surface area contributed by atoms with E-state index in [4.69, 9.17) is 21.1 Å². The summed E-state index contributed by atoms with van der Waals surface area (Å²) in [6.45, 7) is 1.28. The molecule has 0 amide bonds. The summed E-state index contributed by atoms with van der Waals surface area (Å²) in [4.78, 5) is 0. The van der Waals surface area contributed by atoms with Crippen LogP contribution in [-0.2, 0) is 9.47 Å². The summed E-state index contributed by atoms with van der Waals surface area (Å²) in [7, 11) is 0. The van der Waals surface area contributed by atoms with Gasteiger partial charge in [-0.25, -0.2) is 0 Å². The smallest absolute Gasteiger partial charge is 0.185 e. The molecule has 4 heteroatoms. The van der Waals surface area contributed by atoms with Gasteiger partial charge in [0.2, 0.25) is 0 Å². The highest BCUT2D eigenvalue weighted by atomic mass is 79.9. The van der Waals surface area contributed by atoms with Gasteiger partial charge in [0.25, 0.3) is 0 Å². The fourth-order valence-electron chi connectivity index (χ4n) is 1.23. The van der Waals surface area contributed by atoms with Crippen LogP contribution < -0.4 is 0 Å². The Morgan fingerprint density at radius 1 is 1.31 bits per heavy atom. The molecule has 70 valence electrons. The highest BCUT2D eigenvalue weighted by Crippen LogP contribution is 2.31. The third kappa shape index (κ3) is 2.05. The maximum Gasteiger partial charge on any atom is 0.185 e. The Morgan fingerprint density at radius 3 is 2.69 bits per heavy atom. The summed E-state index contributed by atoms with van der Waals surface area (Å²) < 4.78 is 11.7. The number of benzene rings is 1. The van der Waals surface area contributed by atoms with E-state index >= 15 is 0 Å². The van der Waals surface area contributed by atoms with Crippen LogP contribution in [0.3, 0.4) is 0 Å². The molecule has 0 saturated carbocycles. The van der Waals surface area contributed by atoms with E-state index < -0.39 is 0 Å². The second-order valence-electron chi connectivity index (χ2n) is 2.74. The van der Waals surface area contributed by atoms with Crippen LogP contribution in [0.5, 0.6) is 0 Å². The average molecular weight is 264 g/mol. The first-order valence-corrected chi connectivity index (χ1v) is 5.12. The fourth-order valence-corrected chi connectivity index (χ4v) is 1.85. The third-order valence-corrected chi connectivity index (χ3v) is 2.79. The van der Waals surface area contributed by atoms with Gasteiger partial charge in [0.1, 0.15) is 0 Å². The van der Waals surface area contributed by atoms with Crippen molar-refractivity contribution >= 4 is 27.5 Å². The monoisotopic (exact) mass is 262 g/mol. The topological polar surface area (TPSA) is 18.5 Å². The lowest BCUT2D eigenvalue weighted by atomic mass is 10.2. The van der Waals surface area contributed by atoms with Crippen molar-refractivity contribution in [1.82, 2.24) is 0 Å². The Morgan fingerprint density at radius 2 is 2.00 bits per heavy atom. The molecule has 1 aliphatic rings. The zero-order valence-corrected chi connectivity index (χ0v) is 9.14. The van der Waals surface area contributed by atoms with Crippen molar-refractivity contribution in [2.24, 2.45) is 0 Å². The molecular formula is C9H8BrClO2. The minimum absolute atomic E-state index is 0.270. The molecule has 1 saturated heterocycles. The maximum absolute atomic E-state index is 5.86. The summed E-state index contributed by atoms with van der Waals surface area (Å²) in [5.41, 5.74) is 0.949. The zero-order chi connectivity index (χ0) is 9.26. The van der Waals surface area contributed by atoms with Gasteiger partial charge in [-0.05, 0) is 18.2 Å². The van der Waals surface area contributed by atoms with Gasteiger partial charge in [0.15, 0.2) is 6.29 Å². The molecule has 1 fully saturated rings. The number of ether oxygens (including phenoxy) is 2. The van der Waals surface area contributed by atoms with Crippen LogP contribution in [0.4, 0.5) is 0 Å². The minimum atomic E-state index is -0.270. The van der Waals surface area contributed by atoms with E-state index in [2.05, 4.69) is 15.9 Å². The molecule has 0 atom stereocenters. The standard InChI is InChI=1S/C9H8BrClO2/c10-8-2-1-6(11)5-7(8)9-12-3-4-13-9/h1-2,5,9H,3-4H2. The van der Waals surface area contributed by atoms with E-state index in [9.17, 15) is 0 Å². The third-order valence-electron chi connectivity index (χ3n) is 1.83. The van der Waals surface area contributed by atoms with Gasteiger partial charge >= 0.3 is 0 Å². The molecule has 2 rings (SSSR count). The lowest BCUT2D eigenvalue weighted by molar-refractivity contribution is -0.0446. The molecule has 0 N–H and O–H groups in total. The molecule has 0 bridgehead atoms. The van der Waals surface area contributed by atoms with Crippen LogP contribution >= 0.6 is 27.5 Å². The maximum atomic E-state index is 5.86. The van der Waals surface area contributed by atoms with Gasteiger partial charge in [-0.3, -0.25) is 0 Å². The van der Waals surface area contributed by atoms with Gasteiger partial charge < -0.3 is 9.47 Å². The quantitative estimate of drug-likeness (QED) is 0.775. The van der Waals surface area contributed by atoms with E-state index in [-0.39, 0.29) is 6.29 Å². The molecule has 1 heterocycles. The predicted octanol–water partition coefficient (Wildman–Crippen LogP) is 3.15. The number of hydrogen-bond donors (Lipinski definition) is 0. The van der Waals surface area contributed by atoms with Crippen LogP contribution in [0, 0.1) is 0 Å². The summed E-state index contributed by atoms with van der Waals surface area (Å²) in [5.74, 6) is 0. The fraction of sp³-hybridized carbons (Fsp3) is 0.333. The van der Waals surface area contributed by atoms with Crippen molar-refractivity contribution < 1.29 is 9.47 Å². The minimum Gasteiger partial charge on any atom is -0.346 e. The Balaban J connectivity index is 2.32. The summed E-state index contributed by atoms with van der Waals surface area (Å²) >= 11 is 9.29. The molecule has 0 aromatic heterocycles. The lowest BCUT2D eigenvalue weighted by Gasteiger charge is -2.11. The molecule has 0 aliphatic carbocycles. The lowest BCUT2D eigenvalue weighted by Crippen LogP contribution is -1.98. The molecule has 0 unspecified atom stereocenters. The predicted molar refractivity (Wildman–Crippen MR) is 53.8 cm³/mol. The van der Waals surface area contributed by atoms with Gasteiger partial charge in [0.05, 0.1) is 13.2 Å². The first-order chi connectivity index (χ1) is 6.27. The SMILES string of the molecule is Clc1ccc(Br)c(C2OCCO2)c1. The molecule has 0 radical (unpaired) electrons. The van der Waals surface area contributed by atoms with Crippen LogP contribution in [0.25, 0.3) is 0 Å². The largest absolute Gasteiger partial charge is 0.346 e. The van der Waals surface area contributed by atoms with Crippen LogP contribution in [0.1, 0.15) is 11.9 Å². The molecule has 1 aromatic rings. The van der Waals surface area contributed by atoms with Gasteiger partial charge in [-0.15, -0.1) is 0 Å². The van der Waals surface area contributed by atoms with E-state index in [0.29, 0.717) is 18.2 Å². The normalized spacial score (nSPS) is 18.0. The Labute approximate surface area is 89.9 Å². The van der Waals surface area contributed by atoms with Gasteiger partial charge in [-0.2, -0.15) is 0 Å². The van der Waals surface area contributed by atoms with E-state index in [1.54, 1.807) is 0 Å². The molecular weight excluding hydrogens is 255 g/mol. The van der Waals surface area contributed by atoms with Crippen LogP contribution in [0.15, 0.2) is 22.7 Å².